The van der Waals surface area contributed by atoms with Gasteiger partial charge in [-0.15, -0.1) is 0 Å². The van der Waals surface area contributed by atoms with Crippen LogP contribution in [0.1, 0.15) is 206 Å². The Hall–Kier alpha value is -2.05. The first-order valence-corrected chi connectivity index (χ1v) is 27.9. The molecule has 0 saturated carbocycles. The summed E-state index contributed by atoms with van der Waals surface area (Å²) in [6.07, 6.45) is 34.7. The standard InChI is InChI=1S/C56H101NO13/c1-3-5-7-9-11-13-15-16-17-18-19-20-21-22-23-24-25-26-27-28-29-30-31-33-35-37-39-45(60)44(57-48(61)40-38-36-34-32-14-12-10-8-6-4-2)43-67-55-53(66)51(64)54(47(42-59)69-55)70-56-52(65)50(63)49(62)46(41-58)68-56/h8,10,26-27,30-31,37,39,44-47,49-56,58-60,62-66H,3-7,9,11-25,28-29,32-36,38,40-43H2,1-2H3,(H,57,61)/b10-8-,27-26+,31-30+,39-37+. The maximum atomic E-state index is 13.1. The minimum absolute atomic E-state index is 0.258. The average molecular weight is 996 g/mol. The van der Waals surface area contributed by atoms with Crippen LogP contribution in [0.2, 0.25) is 0 Å². The number of amides is 1. The fraction of sp³-hybridized carbons (Fsp3) is 0.839. The summed E-state index contributed by atoms with van der Waals surface area (Å²) < 4.78 is 22.7. The number of nitrogens with one attached hydrogen (secondary N) is 1. The highest BCUT2D eigenvalue weighted by Gasteiger charge is 2.51. The molecule has 2 heterocycles. The summed E-state index contributed by atoms with van der Waals surface area (Å²) in [4.78, 5) is 13.1. The Morgan fingerprint density at radius 2 is 0.943 bits per heavy atom. The minimum atomic E-state index is -1.79. The molecule has 2 aliphatic heterocycles. The molecule has 0 aromatic rings. The van der Waals surface area contributed by atoms with E-state index in [4.69, 9.17) is 18.9 Å². The Morgan fingerprint density at radius 3 is 1.46 bits per heavy atom. The van der Waals surface area contributed by atoms with Gasteiger partial charge < -0.3 is 65.1 Å². The second kappa shape index (κ2) is 42.3. The van der Waals surface area contributed by atoms with Gasteiger partial charge in [0.2, 0.25) is 5.91 Å². The largest absolute Gasteiger partial charge is 0.394 e. The van der Waals surface area contributed by atoms with E-state index in [0.717, 1.165) is 70.6 Å². The van der Waals surface area contributed by atoms with Gasteiger partial charge in [-0.2, -0.15) is 0 Å². The summed E-state index contributed by atoms with van der Waals surface area (Å²) in [5, 5.41) is 86.7. The summed E-state index contributed by atoms with van der Waals surface area (Å²) in [6, 6.07) is -0.941. The van der Waals surface area contributed by atoms with Crippen LogP contribution in [0.15, 0.2) is 48.6 Å². The molecule has 12 atom stereocenters. The number of rotatable bonds is 43. The quantitative estimate of drug-likeness (QED) is 0.0207. The van der Waals surface area contributed by atoms with Crippen molar-refractivity contribution < 1.29 is 64.6 Å². The van der Waals surface area contributed by atoms with Gasteiger partial charge in [0, 0.05) is 6.42 Å². The van der Waals surface area contributed by atoms with Crippen molar-refractivity contribution in [3.8, 4) is 0 Å². The second-order valence-corrected chi connectivity index (χ2v) is 19.7. The molecular formula is C56H101NO13. The number of unbranched alkanes of at least 4 members (excludes halogenated alkanes) is 24. The Labute approximate surface area is 423 Å². The number of ether oxygens (including phenoxy) is 4. The molecule has 0 radical (unpaired) electrons. The van der Waals surface area contributed by atoms with Crippen molar-refractivity contribution in [3.05, 3.63) is 48.6 Å². The van der Waals surface area contributed by atoms with Gasteiger partial charge in [0.1, 0.15) is 48.8 Å². The monoisotopic (exact) mass is 996 g/mol. The van der Waals surface area contributed by atoms with E-state index in [9.17, 15) is 45.6 Å². The molecule has 0 spiro atoms. The summed E-state index contributed by atoms with van der Waals surface area (Å²) in [7, 11) is 0. The molecule has 0 bridgehead atoms. The fourth-order valence-corrected chi connectivity index (χ4v) is 8.91. The zero-order valence-corrected chi connectivity index (χ0v) is 43.5. The van der Waals surface area contributed by atoms with Gasteiger partial charge in [-0.3, -0.25) is 4.79 Å². The molecule has 0 aliphatic carbocycles. The lowest BCUT2D eigenvalue weighted by atomic mass is 9.97. The number of aliphatic hydroxyl groups excluding tert-OH is 8. The third kappa shape index (κ3) is 28.4. The molecular weight excluding hydrogens is 895 g/mol. The van der Waals surface area contributed by atoms with Crippen molar-refractivity contribution in [1.82, 2.24) is 5.32 Å². The number of carbonyl (C=O) groups is 1. The highest BCUT2D eigenvalue weighted by Crippen LogP contribution is 2.30. The van der Waals surface area contributed by atoms with Crippen LogP contribution in [-0.2, 0) is 23.7 Å². The number of allylic oxidation sites excluding steroid dienone is 7. The predicted molar refractivity (Wildman–Crippen MR) is 277 cm³/mol. The average Bonchev–Trinajstić information content (AvgIpc) is 3.36. The summed E-state index contributed by atoms with van der Waals surface area (Å²) >= 11 is 0. The number of hydrogen-bond acceptors (Lipinski definition) is 13. The third-order valence-corrected chi connectivity index (χ3v) is 13.4. The van der Waals surface area contributed by atoms with Crippen molar-refractivity contribution in [1.29, 1.82) is 0 Å². The Balaban J connectivity index is 1.77. The van der Waals surface area contributed by atoms with E-state index in [1.165, 1.54) is 103 Å². The van der Waals surface area contributed by atoms with Gasteiger partial charge in [0.25, 0.3) is 0 Å². The molecule has 1 amide bonds. The van der Waals surface area contributed by atoms with Gasteiger partial charge in [0.15, 0.2) is 12.6 Å². The first kappa shape index (κ1) is 64.1. The second-order valence-electron chi connectivity index (χ2n) is 19.7. The van der Waals surface area contributed by atoms with E-state index in [2.05, 4.69) is 55.6 Å². The summed E-state index contributed by atoms with van der Waals surface area (Å²) in [5.41, 5.74) is 0. The summed E-state index contributed by atoms with van der Waals surface area (Å²) in [6.45, 7) is 2.69. The van der Waals surface area contributed by atoms with E-state index in [1.807, 2.05) is 6.08 Å². The third-order valence-electron chi connectivity index (χ3n) is 13.4. The molecule has 14 nitrogen and oxygen atoms in total. The Bertz CT molecular complexity index is 1360. The topological polar surface area (TPSA) is 228 Å². The van der Waals surface area contributed by atoms with Crippen molar-refractivity contribution in [2.75, 3.05) is 19.8 Å². The van der Waals surface area contributed by atoms with E-state index in [1.54, 1.807) is 6.08 Å². The van der Waals surface area contributed by atoms with Crippen LogP contribution >= 0.6 is 0 Å². The van der Waals surface area contributed by atoms with Crippen LogP contribution in [-0.4, -0.2) is 140 Å². The number of carbonyl (C=O) groups excluding carboxylic acids is 1. The van der Waals surface area contributed by atoms with Crippen LogP contribution in [0, 0.1) is 0 Å². The molecule has 2 saturated heterocycles. The normalized spacial score (nSPS) is 26.3. The molecule has 9 N–H and O–H groups in total. The Morgan fingerprint density at radius 1 is 0.500 bits per heavy atom. The zero-order valence-electron chi connectivity index (χ0n) is 43.5. The molecule has 2 aliphatic rings. The van der Waals surface area contributed by atoms with E-state index in [0.29, 0.717) is 12.8 Å². The molecule has 2 fully saturated rings. The maximum Gasteiger partial charge on any atom is 0.220 e. The smallest absolute Gasteiger partial charge is 0.220 e. The van der Waals surface area contributed by atoms with E-state index >= 15 is 0 Å². The van der Waals surface area contributed by atoms with Gasteiger partial charge in [-0.1, -0.05) is 184 Å². The van der Waals surface area contributed by atoms with Gasteiger partial charge in [-0.05, 0) is 64.2 Å². The molecule has 14 heteroatoms. The van der Waals surface area contributed by atoms with Crippen LogP contribution < -0.4 is 5.32 Å². The molecule has 70 heavy (non-hydrogen) atoms. The fourth-order valence-electron chi connectivity index (χ4n) is 8.91. The lowest BCUT2D eigenvalue weighted by Crippen LogP contribution is -2.65. The number of aliphatic hydroxyl groups is 8. The van der Waals surface area contributed by atoms with E-state index in [-0.39, 0.29) is 18.9 Å². The lowest BCUT2D eigenvalue weighted by Gasteiger charge is -2.46. The summed E-state index contributed by atoms with van der Waals surface area (Å²) in [5.74, 6) is -0.267. The van der Waals surface area contributed by atoms with Gasteiger partial charge in [0.05, 0.1) is 32.0 Å². The van der Waals surface area contributed by atoms with Crippen molar-refractivity contribution in [2.24, 2.45) is 0 Å². The Kier molecular flexibility index (Phi) is 38.7. The van der Waals surface area contributed by atoms with Crippen LogP contribution in [0.4, 0.5) is 0 Å². The van der Waals surface area contributed by atoms with Crippen molar-refractivity contribution >= 4 is 5.91 Å². The first-order chi connectivity index (χ1) is 34.1. The van der Waals surface area contributed by atoms with Crippen molar-refractivity contribution in [3.63, 3.8) is 0 Å². The number of hydrogen-bond donors (Lipinski definition) is 9. The van der Waals surface area contributed by atoms with Gasteiger partial charge in [-0.25, -0.2) is 0 Å². The van der Waals surface area contributed by atoms with E-state index < -0.39 is 86.8 Å². The molecule has 0 aromatic carbocycles. The molecule has 408 valence electrons. The van der Waals surface area contributed by atoms with Crippen LogP contribution in [0.3, 0.4) is 0 Å². The maximum absolute atomic E-state index is 13.1. The molecule has 0 aromatic heterocycles. The van der Waals surface area contributed by atoms with Gasteiger partial charge >= 0.3 is 0 Å². The minimum Gasteiger partial charge on any atom is -0.394 e. The molecule has 12 unspecified atom stereocenters. The lowest BCUT2D eigenvalue weighted by molar-refractivity contribution is -0.359. The van der Waals surface area contributed by atoms with Crippen LogP contribution in [0.25, 0.3) is 0 Å². The van der Waals surface area contributed by atoms with Crippen LogP contribution in [0.5, 0.6) is 0 Å². The highest BCUT2D eigenvalue weighted by molar-refractivity contribution is 5.76. The highest BCUT2D eigenvalue weighted by atomic mass is 16.7. The predicted octanol–water partition coefficient (Wildman–Crippen LogP) is 8.44. The van der Waals surface area contributed by atoms with Crippen molar-refractivity contribution in [2.45, 2.75) is 280 Å². The molecule has 2 rings (SSSR count). The zero-order chi connectivity index (χ0) is 51.0. The SMILES string of the molecule is CCC/C=C\CCCCCCCC(=O)NC(COC1OC(CO)C(OC2OC(CO)C(O)C(O)C2O)C(O)C1O)C(O)/C=C/CC/C=C/CC/C=C/CCCCCCCCCCCCCCCCCC. The first-order valence-electron chi connectivity index (χ1n) is 27.9.